The van der Waals surface area contributed by atoms with Gasteiger partial charge in [0.15, 0.2) is 0 Å². The molecule has 0 bridgehead atoms. The first-order valence-corrected chi connectivity index (χ1v) is 7.05. The van der Waals surface area contributed by atoms with Crippen molar-refractivity contribution >= 4 is 27.3 Å². The average Bonchev–Trinajstić information content (AvgIpc) is 2.65. The minimum Gasteiger partial charge on any atom is -0.330 e. The van der Waals surface area contributed by atoms with Crippen LogP contribution in [0, 0.1) is 5.92 Å². The summed E-state index contributed by atoms with van der Waals surface area (Å²) in [5, 5.41) is 0. The van der Waals surface area contributed by atoms with Crippen molar-refractivity contribution < 1.29 is 0 Å². The summed E-state index contributed by atoms with van der Waals surface area (Å²) < 4.78 is 1.23. The second-order valence-corrected chi connectivity index (χ2v) is 6.71. The number of halogens is 1. The van der Waals surface area contributed by atoms with Crippen molar-refractivity contribution in [2.75, 3.05) is 19.6 Å². The van der Waals surface area contributed by atoms with Crippen LogP contribution in [0.1, 0.15) is 17.7 Å². The van der Waals surface area contributed by atoms with Crippen LogP contribution >= 0.6 is 27.3 Å². The van der Waals surface area contributed by atoms with E-state index in [4.69, 9.17) is 5.73 Å². The number of piperidine rings is 1. The second-order valence-electron chi connectivity index (χ2n) is 4.16. The molecule has 1 saturated heterocycles. The van der Waals surface area contributed by atoms with Crippen molar-refractivity contribution in [3.63, 3.8) is 0 Å². The van der Waals surface area contributed by atoms with Crippen LogP contribution in [0.4, 0.5) is 0 Å². The van der Waals surface area contributed by atoms with Gasteiger partial charge < -0.3 is 5.73 Å². The van der Waals surface area contributed by atoms with Crippen LogP contribution in [-0.4, -0.2) is 24.5 Å². The molecule has 0 spiro atoms. The van der Waals surface area contributed by atoms with Gasteiger partial charge in [-0.15, -0.1) is 11.3 Å². The van der Waals surface area contributed by atoms with E-state index in [-0.39, 0.29) is 0 Å². The van der Waals surface area contributed by atoms with E-state index in [9.17, 15) is 0 Å². The second kappa shape index (κ2) is 5.43. The van der Waals surface area contributed by atoms with Crippen LogP contribution in [0.3, 0.4) is 0 Å². The highest BCUT2D eigenvalue weighted by molar-refractivity contribution is 9.11. The topological polar surface area (TPSA) is 29.3 Å². The predicted molar refractivity (Wildman–Crippen MR) is 69.1 cm³/mol. The lowest BCUT2D eigenvalue weighted by Gasteiger charge is -2.30. The molecule has 2 N–H and O–H groups in total. The third-order valence-corrected chi connectivity index (χ3v) is 4.66. The lowest BCUT2D eigenvalue weighted by molar-refractivity contribution is 0.182. The molecule has 1 aliphatic heterocycles. The molecule has 4 heteroatoms. The Labute approximate surface area is 104 Å². The minimum atomic E-state index is 0.760. The maximum Gasteiger partial charge on any atom is 0.0701 e. The zero-order valence-electron chi connectivity index (χ0n) is 8.79. The summed E-state index contributed by atoms with van der Waals surface area (Å²) >= 11 is 5.34. The van der Waals surface area contributed by atoms with Gasteiger partial charge in [-0.2, -0.15) is 0 Å². The number of rotatable bonds is 3. The van der Waals surface area contributed by atoms with Crippen molar-refractivity contribution in [3.8, 4) is 0 Å². The summed E-state index contributed by atoms with van der Waals surface area (Å²) in [6.07, 6.45) is 2.53. The van der Waals surface area contributed by atoms with Crippen molar-refractivity contribution in [1.82, 2.24) is 4.90 Å². The Morgan fingerprint density at radius 3 is 2.67 bits per heavy atom. The Kier molecular flexibility index (Phi) is 4.20. The van der Waals surface area contributed by atoms with E-state index in [1.54, 1.807) is 0 Å². The van der Waals surface area contributed by atoms with Crippen LogP contribution in [0.25, 0.3) is 0 Å². The highest BCUT2D eigenvalue weighted by Gasteiger charge is 2.18. The highest BCUT2D eigenvalue weighted by atomic mass is 79.9. The first kappa shape index (κ1) is 11.6. The molecule has 0 unspecified atom stereocenters. The molecular weight excluding hydrogens is 272 g/mol. The quantitative estimate of drug-likeness (QED) is 0.927. The normalized spacial score (nSPS) is 19.6. The van der Waals surface area contributed by atoms with Crippen LogP contribution in [0.2, 0.25) is 0 Å². The smallest absolute Gasteiger partial charge is 0.0701 e. The molecular formula is C11H17BrN2S. The van der Waals surface area contributed by atoms with E-state index in [1.807, 2.05) is 11.3 Å². The van der Waals surface area contributed by atoms with Gasteiger partial charge in [0.2, 0.25) is 0 Å². The van der Waals surface area contributed by atoms with Crippen molar-refractivity contribution in [2.45, 2.75) is 19.4 Å². The summed E-state index contributed by atoms with van der Waals surface area (Å²) in [6, 6.07) is 4.34. The van der Waals surface area contributed by atoms with E-state index in [2.05, 4.69) is 33.0 Å². The summed E-state index contributed by atoms with van der Waals surface area (Å²) in [6.45, 7) is 4.38. The van der Waals surface area contributed by atoms with Gasteiger partial charge in [0.1, 0.15) is 0 Å². The van der Waals surface area contributed by atoms with Gasteiger partial charge in [0.25, 0.3) is 0 Å². The molecule has 0 saturated carbocycles. The first-order valence-electron chi connectivity index (χ1n) is 5.44. The molecule has 1 aromatic heterocycles. The van der Waals surface area contributed by atoms with Gasteiger partial charge in [0, 0.05) is 11.4 Å². The fourth-order valence-electron chi connectivity index (χ4n) is 2.04. The molecule has 0 radical (unpaired) electrons. The molecule has 0 aliphatic carbocycles. The van der Waals surface area contributed by atoms with Crippen molar-refractivity contribution in [2.24, 2.45) is 11.7 Å². The molecule has 1 aliphatic rings. The number of nitrogens with two attached hydrogens (primary N) is 1. The number of thiophene rings is 1. The monoisotopic (exact) mass is 288 g/mol. The van der Waals surface area contributed by atoms with Crippen molar-refractivity contribution in [3.05, 3.63) is 20.8 Å². The van der Waals surface area contributed by atoms with Crippen molar-refractivity contribution in [1.29, 1.82) is 0 Å². The molecule has 0 atom stereocenters. The largest absolute Gasteiger partial charge is 0.330 e. The molecule has 15 heavy (non-hydrogen) atoms. The van der Waals surface area contributed by atoms with Crippen LogP contribution in [0.15, 0.2) is 15.9 Å². The number of hydrogen-bond acceptors (Lipinski definition) is 3. The molecule has 84 valence electrons. The fraction of sp³-hybridized carbons (Fsp3) is 0.636. The molecule has 1 fully saturated rings. The maximum atomic E-state index is 5.68. The van der Waals surface area contributed by atoms with Gasteiger partial charge in [-0.3, -0.25) is 4.90 Å². The zero-order chi connectivity index (χ0) is 10.7. The molecule has 2 rings (SSSR count). The third-order valence-electron chi connectivity index (χ3n) is 3.05. The van der Waals surface area contributed by atoms with Gasteiger partial charge in [-0.25, -0.2) is 0 Å². The predicted octanol–water partition coefficient (Wildman–Crippen LogP) is 2.68. The van der Waals surface area contributed by atoms with Crippen LogP contribution in [-0.2, 0) is 6.54 Å². The SMILES string of the molecule is NCC1CCN(Cc2ccc(Br)s2)CC1. The van der Waals surface area contributed by atoms with Gasteiger partial charge in [-0.05, 0) is 66.5 Å². The minimum absolute atomic E-state index is 0.760. The Bertz CT molecular complexity index is 305. The zero-order valence-corrected chi connectivity index (χ0v) is 11.2. The maximum absolute atomic E-state index is 5.68. The molecule has 2 nitrogen and oxygen atoms in total. The fourth-order valence-corrected chi connectivity index (χ4v) is 3.56. The van der Waals surface area contributed by atoms with Gasteiger partial charge in [0.05, 0.1) is 3.79 Å². The van der Waals surface area contributed by atoms with Crippen LogP contribution in [0.5, 0.6) is 0 Å². The summed E-state index contributed by atoms with van der Waals surface area (Å²) in [5.41, 5.74) is 5.68. The Morgan fingerprint density at radius 2 is 2.13 bits per heavy atom. The molecule has 2 heterocycles. The van der Waals surface area contributed by atoms with Crippen LogP contribution < -0.4 is 5.73 Å². The standard InChI is InChI=1S/C11H17BrN2S/c12-11-2-1-10(15-11)8-14-5-3-9(7-13)4-6-14/h1-2,9H,3-8,13H2. The van der Waals surface area contributed by atoms with E-state index in [1.165, 1.54) is 34.6 Å². The summed E-state index contributed by atoms with van der Waals surface area (Å²) in [4.78, 5) is 3.98. The van der Waals surface area contributed by atoms with Gasteiger partial charge in [-0.1, -0.05) is 0 Å². The molecule has 0 aromatic carbocycles. The summed E-state index contributed by atoms with van der Waals surface area (Å²) in [7, 11) is 0. The lowest BCUT2D eigenvalue weighted by Crippen LogP contribution is -2.35. The molecule has 1 aromatic rings. The number of likely N-dealkylation sites (tertiary alicyclic amines) is 1. The van der Waals surface area contributed by atoms with E-state index in [0.29, 0.717) is 0 Å². The Balaban J connectivity index is 1.82. The first-order chi connectivity index (χ1) is 7.28. The van der Waals surface area contributed by atoms with Gasteiger partial charge >= 0.3 is 0 Å². The highest BCUT2D eigenvalue weighted by Crippen LogP contribution is 2.25. The number of hydrogen-bond donors (Lipinski definition) is 1. The lowest BCUT2D eigenvalue weighted by atomic mass is 9.97. The Morgan fingerprint density at radius 1 is 1.40 bits per heavy atom. The summed E-state index contributed by atoms with van der Waals surface area (Å²) in [5.74, 6) is 0.760. The van der Waals surface area contributed by atoms with E-state index in [0.717, 1.165) is 19.0 Å². The third kappa shape index (κ3) is 3.28. The van der Waals surface area contributed by atoms with E-state index >= 15 is 0 Å². The Hall–Kier alpha value is 0.1000. The van der Waals surface area contributed by atoms with E-state index < -0.39 is 0 Å². The average molecular weight is 289 g/mol. The number of nitrogens with zero attached hydrogens (tertiary/aromatic N) is 1. The molecule has 0 amide bonds.